The molecule has 6 heteroatoms. The zero-order chi connectivity index (χ0) is 15.9. The maximum atomic E-state index is 5.09. The van der Waals surface area contributed by atoms with Crippen LogP contribution < -0.4 is 0 Å². The second kappa shape index (κ2) is 10.4. The molecule has 5 radical (unpaired) electrons. The topological polar surface area (TPSA) is 23.3 Å². The number of hydrogen-bond acceptors (Lipinski definition) is 1. The summed E-state index contributed by atoms with van der Waals surface area (Å²) >= 11 is -0.826. The molecular formula is C14H25Cl2NOSiZr+. The van der Waals surface area contributed by atoms with Crippen molar-refractivity contribution in [3.05, 3.63) is 34.2 Å². The SMILES string of the molecule is COCC[N-][Si](C)(C)[C]1[C](C)[C](C)[C](C)[C]1C.[Cl][Zr+2][Cl]. The van der Waals surface area contributed by atoms with E-state index in [4.69, 9.17) is 26.7 Å². The monoisotopic (exact) mass is 411 g/mol. The normalized spacial score (nSPS) is 19.9. The predicted octanol–water partition coefficient (Wildman–Crippen LogP) is 5.09. The molecule has 1 aliphatic rings. The van der Waals surface area contributed by atoms with Gasteiger partial charge in [-0.05, 0) is 29.2 Å². The third kappa shape index (κ3) is 6.01. The summed E-state index contributed by atoms with van der Waals surface area (Å²) in [5.41, 5.74) is 1.53. The Bertz CT molecular complexity index is 258. The molecule has 0 amide bonds. The summed E-state index contributed by atoms with van der Waals surface area (Å²) in [4.78, 5) is 4.91. The number of methoxy groups -OCH3 is 1. The van der Waals surface area contributed by atoms with E-state index in [9.17, 15) is 0 Å². The average molecular weight is 414 g/mol. The number of halogens is 2. The van der Waals surface area contributed by atoms with Crippen molar-refractivity contribution in [3.8, 4) is 0 Å². The number of ether oxygens (including phenoxy) is 1. The number of nitrogens with zero attached hydrogens (tertiary/aromatic N) is 1. The quantitative estimate of drug-likeness (QED) is 0.455. The summed E-state index contributed by atoms with van der Waals surface area (Å²) in [6.07, 6.45) is 0. The molecule has 1 aliphatic carbocycles. The standard InChI is InChI=1S/C14H25NOSi.2ClH.Zr/c1-10-11(2)13(4)14(12(10)3)17(6,7)15-8-9-16-5;;;/h8-9H2,1-7H3;2*1H;/q-1;;;+4/p-2. The van der Waals surface area contributed by atoms with Gasteiger partial charge in [0.1, 0.15) is 0 Å². The van der Waals surface area contributed by atoms with Crippen molar-refractivity contribution in [3.63, 3.8) is 0 Å². The van der Waals surface area contributed by atoms with E-state index < -0.39 is 29.1 Å². The van der Waals surface area contributed by atoms with Crippen LogP contribution in [0.5, 0.6) is 0 Å². The van der Waals surface area contributed by atoms with Crippen LogP contribution in [0.2, 0.25) is 13.1 Å². The summed E-state index contributed by atoms with van der Waals surface area (Å²) < 4.78 is 5.09. The molecule has 0 saturated heterocycles. The second-order valence-electron chi connectivity index (χ2n) is 5.38. The van der Waals surface area contributed by atoms with Crippen molar-refractivity contribution in [1.29, 1.82) is 0 Å². The van der Waals surface area contributed by atoms with Gasteiger partial charge in [0, 0.05) is 13.7 Å². The Morgan fingerprint density at radius 3 is 1.75 bits per heavy atom. The van der Waals surface area contributed by atoms with E-state index in [0.29, 0.717) is 0 Å². The number of hydrogen-bond donors (Lipinski definition) is 0. The molecule has 0 aromatic carbocycles. The van der Waals surface area contributed by atoms with Crippen LogP contribution in [0.1, 0.15) is 27.7 Å². The molecule has 0 unspecified atom stereocenters. The van der Waals surface area contributed by atoms with Crippen LogP contribution >= 0.6 is 17.0 Å². The van der Waals surface area contributed by atoms with Crippen LogP contribution in [-0.4, -0.2) is 28.5 Å². The molecule has 0 heterocycles. The molecule has 2 nitrogen and oxygen atoms in total. The minimum absolute atomic E-state index is 0.729. The van der Waals surface area contributed by atoms with E-state index in [1.54, 1.807) is 7.11 Å². The summed E-state index contributed by atoms with van der Waals surface area (Å²) in [6.45, 7) is 15.1. The summed E-state index contributed by atoms with van der Waals surface area (Å²) in [6, 6.07) is 0. The van der Waals surface area contributed by atoms with Gasteiger partial charge in [0.05, 0.1) is 0 Å². The van der Waals surface area contributed by atoms with E-state index in [-0.39, 0.29) is 0 Å². The van der Waals surface area contributed by atoms with Gasteiger partial charge in [-0.25, -0.2) is 0 Å². The van der Waals surface area contributed by atoms with Gasteiger partial charge in [-0.15, -0.1) is 6.54 Å². The molecule has 0 atom stereocenters. The van der Waals surface area contributed by atoms with Crippen molar-refractivity contribution in [2.24, 2.45) is 0 Å². The molecule has 0 aromatic rings. The van der Waals surface area contributed by atoms with E-state index in [2.05, 4.69) is 40.8 Å². The third-order valence-corrected chi connectivity index (χ3v) is 6.84. The van der Waals surface area contributed by atoms with Crippen molar-refractivity contribution in [1.82, 2.24) is 0 Å². The van der Waals surface area contributed by atoms with Crippen LogP contribution in [0.15, 0.2) is 0 Å². The molecule has 0 N–H and O–H groups in total. The zero-order valence-electron chi connectivity index (χ0n) is 13.5. The molecule has 0 aromatic heterocycles. The second-order valence-corrected chi connectivity index (χ2v) is 13.0. The van der Waals surface area contributed by atoms with Gasteiger partial charge in [-0.2, -0.15) is 0 Å². The molecule has 1 saturated carbocycles. The van der Waals surface area contributed by atoms with E-state index in [1.165, 1.54) is 29.2 Å². The Hall–Kier alpha value is 1.60. The van der Waals surface area contributed by atoms with Gasteiger partial charge >= 0.3 is 37.9 Å². The third-order valence-electron chi connectivity index (χ3n) is 3.85. The van der Waals surface area contributed by atoms with Gasteiger partial charge in [-0.1, -0.05) is 49.0 Å². The van der Waals surface area contributed by atoms with Crippen LogP contribution in [-0.2, 0) is 25.6 Å². The fourth-order valence-electron chi connectivity index (χ4n) is 2.63. The molecule has 1 fully saturated rings. The van der Waals surface area contributed by atoms with Gasteiger partial charge in [0.25, 0.3) is 0 Å². The van der Waals surface area contributed by atoms with Gasteiger partial charge in [0.15, 0.2) is 0 Å². The Kier molecular flexibility index (Phi) is 11.2. The average Bonchev–Trinajstić information content (AvgIpc) is 2.55. The predicted molar refractivity (Wildman–Crippen MR) is 88.2 cm³/mol. The van der Waals surface area contributed by atoms with Crippen molar-refractivity contribution in [2.45, 2.75) is 40.8 Å². The van der Waals surface area contributed by atoms with E-state index >= 15 is 0 Å². The van der Waals surface area contributed by atoms with E-state index in [1.807, 2.05) is 0 Å². The van der Waals surface area contributed by atoms with E-state index in [0.717, 1.165) is 13.2 Å². The molecule has 20 heavy (non-hydrogen) atoms. The zero-order valence-corrected chi connectivity index (χ0v) is 18.5. The summed E-state index contributed by atoms with van der Waals surface area (Å²) in [7, 11) is 9.93. The van der Waals surface area contributed by atoms with Crippen molar-refractivity contribution >= 4 is 25.3 Å². The Morgan fingerprint density at radius 2 is 1.40 bits per heavy atom. The molecular weight excluding hydrogens is 388 g/mol. The first-order valence-electron chi connectivity index (χ1n) is 6.61. The Balaban J connectivity index is 0.00000110. The van der Waals surface area contributed by atoms with Gasteiger partial charge in [-0.3, -0.25) is 0 Å². The van der Waals surface area contributed by atoms with Crippen molar-refractivity contribution < 1.29 is 25.6 Å². The van der Waals surface area contributed by atoms with Gasteiger partial charge in [0.2, 0.25) is 0 Å². The minimum atomic E-state index is -1.67. The van der Waals surface area contributed by atoms with Crippen LogP contribution in [0.25, 0.3) is 4.98 Å². The first-order valence-corrected chi connectivity index (χ1v) is 15.9. The Labute approximate surface area is 145 Å². The first kappa shape index (κ1) is 21.6. The molecule has 1 rings (SSSR count). The molecule has 0 bridgehead atoms. The van der Waals surface area contributed by atoms with Crippen LogP contribution in [0.4, 0.5) is 0 Å². The summed E-state index contributed by atoms with van der Waals surface area (Å²) in [5.74, 6) is 5.80. The molecule has 0 aliphatic heterocycles. The van der Waals surface area contributed by atoms with Crippen LogP contribution in [0.3, 0.4) is 0 Å². The number of rotatable bonds is 5. The van der Waals surface area contributed by atoms with Crippen molar-refractivity contribution in [2.75, 3.05) is 20.3 Å². The summed E-state index contributed by atoms with van der Waals surface area (Å²) in [5, 5.41) is 0. The fraction of sp³-hybridized carbons (Fsp3) is 0.643. The molecule has 0 spiro atoms. The Morgan fingerprint density at radius 1 is 1.00 bits per heavy atom. The molecule has 113 valence electrons. The first-order chi connectivity index (χ1) is 9.24. The fourth-order valence-corrected chi connectivity index (χ4v) is 5.65. The van der Waals surface area contributed by atoms with Crippen LogP contribution in [0, 0.1) is 29.2 Å². The maximum absolute atomic E-state index is 5.09. The van der Waals surface area contributed by atoms with Gasteiger partial charge < -0.3 is 9.72 Å².